The maximum atomic E-state index is 13.8. The van der Waals surface area contributed by atoms with Crippen molar-refractivity contribution in [2.75, 3.05) is 19.6 Å². The zero-order chi connectivity index (χ0) is 20.9. The van der Waals surface area contributed by atoms with Gasteiger partial charge in [-0.25, -0.2) is 4.98 Å². The summed E-state index contributed by atoms with van der Waals surface area (Å²) < 4.78 is 0. The van der Waals surface area contributed by atoms with Gasteiger partial charge in [0.2, 0.25) is 5.91 Å². The van der Waals surface area contributed by atoms with Crippen molar-refractivity contribution >= 4 is 5.91 Å². The number of imidazole rings is 1. The lowest BCUT2D eigenvalue weighted by Gasteiger charge is -2.34. The molecule has 2 heterocycles. The van der Waals surface area contributed by atoms with Crippen molar-refractivity contribution in [1.82, 2.24) is 19.8 Å². The molecule has 2 atom stereocenters. The van der Waals surface area contributed by atoms with Crippen LogP contribution in [0.15, 0.2) is 66.9 Å². The lowest BCUT2D eigenvalue weighted by Crippen LogP contribution is -2.43. The maximum absolute atomic E-state index is 13.8. The summed E-state index contributed by atoms with van der Waals surface area (Å²) in [4.78, 5) is 26.2. The number of likely N-dealkylation sites (tertiary alicyclic amines) is 1. The molecule has 5 heteroatoms. The second-order valence-corrected chi connectivity index (χ2v) is 7.77. The van der Waals surface area contributed by atoms with Crippen molar-refractivity contribution in [1.29, 1.82) is 0 Å². The van der Waals surface area contributed by atoms with Crippen LogP contribution < -0.4 is 0 Å². The summed E-state index contributed by atoms with van der Waals surface area (Å²) in [7, 11) is 0. The zero-order valence-corrected chi connectivity index (χ0v) is 17.8. The van der Waals surface area contributed by atoms with E-state index in [9.17, 15) is 4.79 Å². The van der Waals surface area contributed by atoms with E-state index in [1.54, 1.807) is 0 Å². The summed E-state index contributed by atoms with van der Waals surface area (Å²) in [6.07, 6.45) is 3.81. The van der Waals surface area contributed by atoms with Crippen molar-refractivity contribution in [3.8, 4) is 11.3 Å². The fourth-order valence-electron chi connectivity index (χ4n) is 4.48. The maximum Gasteiger partial charge on any atom is 0.245 e. The molecular weight excluding hydrogens is 372 g/mol. The van der Waals surface area contributed by atoms with E-state index < -0.39 is 0 Å². The molecule has 0 bridgehead atoms. The molecule has 3 aromatic rings. The van der Waals surface area contributed by atoms with E-state index in [4.69, 9.17) is 0 Å². The average molecular weight is 403 g/mol. The van der Waals surface area contributed by atoms with Gasteiger partial charge < -0.3 is 9.88 Å². The number of nitrogens with one attached hydrogen (secondary N) is 1. The molecule has 30 heavy (non-hydrogen) atoms. The predicted molar refractivity (Wildman–Crippen MR) is 120 cm³/mol. The molecule has 1 amide bonds. The Hall–Kier alpha value is -2.92. The molecule has 0 unspecified atom stereocenters. The van der Waals surface area contributed by atoms with E-state index in [2.05, 4.69) is 53.0 Å². The number of aromatic nitrogens is 2. The Bertz CT molecular complexity index is 950. The van der Waals surface area contributed by atoms with Crippen LogP contribution in [-0.2, 0) is 4.79 Å². The summed E-state index contributed by atoms with van der Waals surface area (Å²) in [5, 5.41) is 0. The van der Waals surface area contributed by atoms with Gasteiger partial charge in [0.25, 0.3) is 0 Å². The third kappa shape index (κ3) is 4.03. The SMILES string of the molecule is CCN(CC)[C@@H](C(=O)N1CCC[C@H]1c1ncc(-c2ccccc2)[nH]1)c1ccccc1. The van der Waals surface area contributed by atoms with Crippen molar-refractivity contribution < 1.29 is 4.79 Å². The van der Waals surface area contributed by atoms with Crippen LogP contribution in [0.25, 0.3) is 11.3 Å². The van der Waals surface area contributed by atoms with Crippen molar-refractivity contribution in [2.24, 2.45) is 0 Å². The van der Waals surface area contributed by atoms with Gasteiger partial charge in [0.1, 0.15) is 11.9 Å². The van der Waals surface area contributed by atoms with E-state index in [-0.39, 0.29) is 18.0 Å². The largest absolute Gasteiger partial charge is 0.340 e. The lowest BCUT2D eigenvalue weighted by molar-refractivity contribution is -0.138. The zero-order valence-electron chi connectivity index (χ0n) is 17.8. The number of nitrogens with zero attached hydrogens (tertiary/aromatic N) is 3. The van der Waals surface area contributed by atoms with Crippen LogP contribution in [0.5, 0.6) is 0 Å². The quantitative estimate of drug-likeness (QED) is 0.616. The summed E-state index contributed by atoms with van der Waals surface area (Å²) in [5.74, 6) is 1.05. The van der Waals surface area contributed by atoms with Gasteiger partial charge in [0, 0.05) is 6.54 Å². The Kier molecular flexibility index (Phi) is 6.29. The molecule has 1 aromatic heterocycles. The molecule has 0 radical (unpaired) electrons. The third-order valence-electron chi connectivity index (χ3n) is 6.06. The van der Waals surface area contributed by atoms with Gasteiger partial charge in [-0.3, -0.25) is 9.69 Å². The van der Waals surface area contributed by atoms with Crippen LogP contribution in [0.3, 0.4) is 0 Å². The van der Waals surface area contributed by atoms with Crippen LogP contribution in [-0.4, -0.2) is 45.3 Å². The topological polar surface area (TPSA) is 52.2 Å². The summed E-state index contributed by atoms with van der Waals surface area (Å²) in [6, 6.07) is 20.1. The minimum Gasteiger partial charge on any atom is -0.340 e. The Morgan fingerprint density at radius 1 is 1.10 bits per heavy atom. The van der Waals surface area contributed by atoms with E-state index in [1.165, 1.54) is 0 Å². The van der Waals surface area contributed by atoms with Crippen LogP contribution >= 0.6 is 0 Å². The molecule has 0 spiro atoms. The highest BCUT2D eigenvalue weighted by Gasteiger charge is 2.37. The highest BCUT2D eigenvalue weighted by molar-refractivity contribution is 5.84. The molecule has 4 rings (SSSR count). The molecule has 1 saturated heterocycles. The van der Waals surface area contributed by atoms with Crippen molar-refractivity contribution in [3.05, 3.63) is 78.2 Å². The number of H-pyrrole nitrogens is 1. The highest BCUT2D eigenvalue weighted by atomic mass is 16.2. The number of hydrogen-bond donors (Lipinski definition) is 1. The van der Waals surface area contributed by atoms with Gasteiger partial charge in [-0.05, 0) is 37.1 Å². The highest BCUT2D eigenvalue weighted by Crippen LogP contribution is 2.35. The number of benzene rings is 2. The van der Waals surface area contributed by atoms with E-state index >= 15 is 0 Å². The smallest absolute Gasteiger partial charge is 0.245 e. The Morgan fingerprint density at radius 3 is 2.43 bits per heavy atom. The fourth-order valence-corrected chi connectivity index (χ4v) is 4.48. The second kappa shape index (κ2) is 9.26. The molecule has 1 aliphatic heterocycles. The van der Waals surface area contributed by atoms with Crippen LogP contribution in [0.1, 0.15) is 50.2 Å². The molecule has 0 saturated carbocycles. The Labute approximate surface area is 178 Å². The van der Waals surface area contributed by atoms with E-state index in [0.717, 1.165) is 55.1 Å². The number of rotatable bonds is 7. The van der Waals surface area contributed by atoms with Crippen molar-refractivity contribution in [3.63, 3.8) is 0 Å². The molecule has 0 aliphatic carbocycles. The number of hydrogen-bond acceptors (Lipinski definition) is 3. The van der Waals surface area contributed by atoms with Crippen molar-refractivity contribution in [2.45, 2.75) is 38.8 Å². The first kappa shape index (κ1) is 20.4. The predicted octanol–water partition coefficient (Wildman–Crippen LogP) is 4.82. The molecule has 156 valence electrons. The summed E-state index contributed by atoms with van der Waals surface area (Å²) >= 11 is 0. The average Bonchev–Trinajstić information content (AvgIpc) is 3.48. The summed E-state index contributed by atoms with van der Waals surface area (Å²) in [6.45, 7) is 6.67. The first-order valence-electron chi connectivity index (χ1n) is 10.9. The molecule has 1 aliphatic rings. The van der Waals surface area contributed by atoms with Gasteiger partial charge >= 0.3 is 0 Å². The first-order valence-corrected chi connectivity index (χ1v) is 10.9. The van der Waals surface area contributed by atoms with Gasteiger partial charge in [-0.15, -0.1) is 0 Å². The molecule has 5 nitrogen and oxygen atoms in total. The number of carbonyl (C=O) groups is 1. The Morgan fingerprint density at radius 2 is 1.77 bits per heavy atom. The van der Waals surface area contributed by atoms with Gasteiger partial charge in [0.05, 0.1) is 17.9 Å². The van der Waals surface area contributed by atoms with Gasteiger partial charge in [-0.1, -0.05) is 74.5 Å². The first-order chi connectivity index (χ1) is 14.7. The summed E-state index contributed by atoms with van der Waals surface area (Å²) in [5.41, 5.74) is 3.16. The molecule has 2 aromatic carbocycles. The molecular formula is C25H30N4O. The number of aromatic amines is 1. The monoisotopic (exact) mass is 402 g/mol. The fraction of sp³-hybridized carbons (Fsp3) is 0.360. The van der Waals surface area contributed by atoms with Gasteiger partial charge in [0.15, 0.2) is 0 Å². The molecule has 1 fully saturated rings. The second-order valence-electron chi connectivity index (χ2n) is 7.77. The van der Waals surface area contributed by atoms with Crippen LogP contribution in [0.4, 0.5) is 0 Å². The third-order valence-corrected chi connectivity index (χ3v) is 6.06. The van der Waals surface area contributed by atoms with Crippen LogP contribution in [0, 0.1) is 0 Å². The minimum atomic E-state index is -0.259. The molecule has 1 N–H and O–H groups in total. The standard InChI is InChI=1S/C25H30N4O/c1-3-28(4-2)23(20-14-9-6-10-15-20)25(30)29-17-11-16-22(29)24-26-18-21(27-24)19-12-7-5-8-13-19/h5-10,12-15,18,22-23H,3-4,11,16-17H2,1-2H3,(H,26,27)/t22-,23+/m0/s1. The normalized spacial score (nSPS) is 17.4. The van der Waals surface area contributed by atoms with E-state index in [0.29, 0.717) is 0 Å². The lowest BCUT2D eigenvalue weighted by atomic mass is 10.0. The van der Waals surface area contributed by atoms with Crippen LogP contribution in [0.2, 0.25) is 0 Å². The number of likely N-dealkylation sites (N-methyl/N-ethyl adjacent to an activating group) is 1. The van der Waals surface area contributed by atoms with E-state index in [1.807, 2.05) is 47.5 Å². The number of amides is 1. The van der Waals surface area contributed by atoms with Gasteiger partial charge in [-0.2, -0.15) is 0 Å². The number of carbonyl (C=O) groups excluding carboxylic acids is 1. The Balaban J connectivity index is 1.62. The minimum absolute atomic E-state index is 0.00302.